The molecule has 1 saturated heterocycles. The molecular weight excluding hydrogens is 290 g/mol. The first kappa shape index (κ1) is 15.7. The number of carbonyl (C=O) groups excluding carboxylic acids is 1. The van der Waals surface area contributed by atoms with Crippen molar-refractivity contribution >= 4 is 5.91 Å². The number of hydrogen-bond donors (Lipinski definition) is 2. The SMILES string of the molecule is Cc1nccn1-c1ccc(CNC(=O)[C@H]2CCN[C@@H](C)C2)cn1. The van der Waals surface area contributed by atoms with Crippen LogP contribution >= 0.6 is 0 Å². The zero-order valence-corrected chi connectivity index (χ0v) is 13.6. The van der Waals surface area contributed by atoms with E-state index < -0.39 is 0 Å². The third-order valence-electron chi connectivity index (χ3n) is 4.34. The van der Waals surface area contributed by atoms with Crippen LogP contribution in [-0.4, -0.2) is 33.0 Å². The normalized spacial score (nSPS) is 21.1. The van der Waals surface area contributed by atoms with E-state index >= 15 is 0 Å². The fourth-order valence-electron chi connectivity index (χ4n) is 2.99. The van der Waals surface area contributed by atoms with Gasteiger partial charge in [0.05, 0.1) is 0 Å². The van der Waals surface area contributed by atoms with Crippen molar-refractivity contribution in [1.29, 1.82) is 0 Å². The molecule has 3 rings (SSSR count). The summed E-state index contributed by atoms with van der Waals surface area (Å²) >= 11 is 0. The zero-order valence-electron chi connectivity index (χ0n) is 13.6. The van der Waals surface area contributed by atoms with Gasteiger partial charge >= 0.3 is 0 Å². The van der Waals surface area contributed by atoms with Crippen LogP contribution in [0, 0.1) is 12.8 Å². The Kier molecular flexibility index (Phi) is 4.71. The number of rotatable bonds is 4. The maximum atomic E-state index is 12.2. The second-order valence-corrected chi connectivity index (χ2v) is 6.16. The van der Waals surface area contributed by atoms with Crippen LogP contribution < -0.4 is 10.6 Å². The van der Waals surface area contributed by atoms with Crippen LogP contribution in [0.1, 0.15) is 31.2 Å². The van der Waals surface area contributed by atoms with E-state index in [1.54, 1.807) is 12.4 Å². The van der Waals surface area contributed by atoms with Gasteiger partial charge < -0.3 is 10.6 Å². The minimum absolute atomic E-state index is 0.118. The number of piperidine rings is 1. The van der Waals surface area contributed by atoms with Crippen molar-refractivity contribution in [2.45, 2.75) is 39.3 Å². The Morgan fingerprint density at radius 2 is 2.30 bits per heavy atom. The minimum Gasteiger partial charge on any atom is -0.352 e. The summed E-state index contributed by atoms with van der Waals surface area (Å²) in [6.45, 7) is 5.50. The van der Waals surface area contributed by atoms with Gasteiger partial charge in [-0.05, 0) is 44.9 Å². The molecule has 23 heavy (non-hydrogen) atoms. The molecule has 1 fully saturated rings. The monoisotopic (exact) mass is 313 g/mol. The predicted molar refractivity (Wildman–Crippen MR) is 88.1 cm³/mol. The highest BCUT2D eigenvalue weighted by Gasteiger charge is 2.24. The van der Waals surface area contributed by atoms with E-state index in [1.807, 2.05) is 29.8 Å². The molecule has 2 aromatic heterocycles. The highest BCUT2D eigenvalue weighted by Crippen LogP contribution is 2.16. The van der Waals surface area contributed by atoms with Crippen LogP contribution in [0.15, 0.2) is 30.7 Å². The molecule has 0 unspecified atom stereocenters. The van der Waals surface area contributed by atoms with Gasteiger partial charge in [0.25, 0.3) is 0 Å². The molecule has 1 aliphatic rings. The Morgan fingerprint density at radius 3 is 2.96 bits per heavy atom. The lowest BCUT2D eigenvalue weighted by Crippen LogP contribution is -2.42. The number of nitrogens with one attached hydrogen (secondary N) is 2. The van der Waals surface area contributed by atoms with Crippen LogP contribution in [0.25, 0.3) is 5.82 Å². The van der Waals surface area contributed by atoms with Crippen molar-refractivity contribution in [3.05, 3.63) is 42.1 Å². The molecule has 1 amide bonds. The third kappa shape index (κ3) is 3.76. The quantitative estimate of drug-likeness (QED) is 0.899. The molecule has 0 aliphatic carbocycles. The van der Waals surface area contributed by atoms with Crippen LogP contribution in [-0.2, 0) is 11.3 Å². The van der Waals surface area contributed by atoms with Gasteiger partial charge in [-0.2, -0.15) is 0 Å². The summed E-state index contributed by atoms with van der Waals surface area (Å²) in [4.78, 5) is 20.9. The molecule has 0 bridgehead atoms. The van der Waals surface area contributed by atoms with Gasteiger partial charge in [-0.25, -0.2) is 9.97 Å². The molecule has 0 spiro atoms. The topological polar surface area (TPSA) is 71.8 Å². The Morgan fingerprint density at radius 1 is 1.43 bits per heavy atom. The van der Waals surface area contributed by atoms with Crippen molar-refractivity contribution in [2.24, 2.45) is 5.92 Å². The average molecular weight is 313 g/mol. The zero-order chi connectivity index (χ0) is 16.2. The minimum atomic E-state index is 0.118. The fourth-order valence-corrected chi connectivity index (χ4v) is 2.99. The summed E-state index contributed by atoms with van der Waals surface area (Å²) in [5, 5.41) is 6.40. The van der Waals surface area contributed by atoms with Gasteiger partial charge in [-0.15, -0.1) is 0 Å². The number of aryl methyl sites for hydroxylation is 1. The van der Waals surface area contributed by atoms with Crippen LogP contribution in [0.3, 0.4) is 0 Å². The second kappa shape index (κ2) is 6.91. The third-order valence-corrected chi connectivity index (χ3v) is 4.34. The number of aromatic nitrogens is 3. The summed E-state index contributed by atoms with van der Waals surface area (Å²) in [5.74, 6) is 2.00. The Balaban J connectivity index is 1.56. The molecule has 0 aromatic carbocycles. The summed E-state index contributed by atoms with van der Waals surface area (Å²) in [6, 6.07) is 4.36. The lowest BCUT2D eigenvalue weighted by Gasteiger charge is -2.27. The number of nitrogens with zero attached hydrogens (tertiary/aromatic N) is 3. The smallest absolute Gasteiger partial charge is 0.223 e. The first-order valence-corrected chi connectivity index (χ1v) is 8.10. The Labute approximate surface area is 136 Å². The summed E-state index contributed by atoms with van der Waals surface area (Å²) in [5.41, 5.74) is 1.00. The van der Waals surface area contributed by atoms with E-state index in [0.717, 1.165) is 36.6 Å². The summed E-state index contributed by atoms with van der Waals surface area (Å²) < 4.78 is 1.93. The molecule has 2 atom stereocenters. The van der Waals surface area contributed by atoms with Crippen molar-refractivity contribution in [3.8, 4) is 5.82 Å². The van der Waals surface area contributed by atoms with Crippen molar-refractivity contribution in [2.75, 3.05) is 6.54 Å². The van der Waals surface area contributed by atoms with Crippen LogP contribution in [0.5, 0.6) is 0 Å². The van der Waals surface area contributed by atoms with Gasteiger partial charge in [0.2, 0.25) is 5.91 Å². The highest BCUT2D eigenvalue weighted by atomic mass is 16.1. The lowest BCUT2D eigenvalue weighted by atomic mass is 9.92. The molecule has 0 radical (unpaired) electrons. The summed E-state index contributed by atoms with van der Waals surface area (Å²) in [7, 11) is 0. The highest BCUT2D eigenvalue weighted by molar-refractivity contribution is 5.78. The predicted octanol–water partition coefficient (Wildman–Crippen LogP) is 1.58. The number of amides is 1. The van der Waals surface area contributed by atoms with Crippen LogP contribution in [0.2, 0.25) is 0 Å². The number of carbonyl (C=O) groups is 1. The van der Waals surface area contributed by atoms with Crippen LogP contribution in [0.4, 0.5) is 0 Å². The Bertz CT molecular complexity index is 664. The average Bonchev–Trinajstić information content (AvgIpc) is 2.99. The molecule has 1 aliphatic heterocycles. The van der Waals surface area contributed by atoms with Gasteiger partial charge in [0.1, 0.15) is 11.6 Å². The molecule has 2 N–H and O–H groups in total. The maximum Gasteiger partial charge on any atom is 0.223 e. The van der Waals surface area contributed by atoms with Crippen molar-refractivity contribution in [3.63, 3.8) is 0 Å². The lowest BCUT2D eigenvalue weighted by molar-refractivity contribution is -0.126. The molecule has 3 heterocycles. The van der Waals surface area contributed by atoms with Gasteiger partial charge in [-0.1, -0.05) is 6.07 Å². The van der Waals surface area contributed by atoms with Crippen molar-refractivity contribution in [1.82, 2.24) is 25.2 Å². The number of hydrogen-bond acceptors (Lipinski definition) is 4. The van der Waals surface area contributed by atoms with E-state index in [2.05, 4.69) is 27.5 Å². The molecule has 0 saturated carbocycles. The van der Waals surface area contributed by atoms with E-state index in [4.69, 9.17) is 0 Å². The van der Waals surface area contributed by atoms with Gasteiger partial charge in [0, 0.05) is 37.1 Å². The number of pyridine rings is 1. The van der Waals surface area contributed by atoms with E-state index in [9.17, 15) is 4.79 Å². The molecule has 122 valence electrons. The van der Waals surface area contributed by atoms with E-state index in [0.29, 0.717) is 12.6 Å². The molecule has 6 nitrogen and oxygen atoms in total. The maximum absolute atomic E-state index is 12.2. The standard InChI is InChI=1S/C17H23N5O/c1-12-9-15(5-6-18-12)17(23)21-11-14-3-4-16(20-10-14)22-8-7-19-13(22)2/h3-4,7-8,10,12,15,18H,5-6,9,11H2,1-2H3,(H,21,23)/t12-,15-/m0/s1. The second-order valence-electron chi connectivity index (χ2n) is 6.16. The first-order valence-electron chi connectivity index (χ1n) is 8.10. The largest absolute Gasteiger partial charge is 0.352 e. The number of imidazole rings is 1. The van der Waals surface area contributed by atoms with Gasteiger partial charge in [-0.3, -0.25) is 9.36 Å². The van der Waals surface area contributed by atoms with E-state index in [-0.39, 0.29) is 11.8 Å². The van der Waals surface area contributed by atoms with E-state index in [1.165, 1.54) is 0 Å². The fraction of sp³-hybridized carbons (Fsp3) is 0.471. The van der Waals surface area contributed by atoms with Gasteiger partial charge in [0.15, 0.2) is 0 Å². The molecular formula is C17H23N5O. The molecule has 2 aromatic rings. The first-order chi connectivity index (χ1) is 11.1. The summed E-state index contributed by atoms with van der Waals surface area (Å²) in [6.07, 6.45) is 7.26. The molecule has 6 heteroatoms. The Hall–Kier alpha value is -2.21. The van der Waals surface area contributed by atoms with Crippen molar-refractivity contribution < 1.29 is 4.79 Å².